The molecule has 29 heavy (non-hydrogen) atoms. The second kappa shape index (κ2) is 10.5. The Morgan fingerprint density at radius 1 is 1.03 bits per heavy atom. The van der Waals surface area contributed by atoms with Gasteiger partial charge in [0, 0.05) is 19.0 Å². The number of hydrogen-bond acceptors (Lipinski definition) is 2. The van der Waals surface area contributed by atoms with Crippen molar-refractivity contribution in [1.82, 2.24) is 10.2 Å². The lowest BCUT2D eigenvalue weighted by molar-refractivity contribution is -0.126. The van der Waals surface area contributed by atoms with Gasteiger partial charge in [0.2, 0.25) is 5.91 Å². The first-order valence-corrected chi connectivity index (χ1v) is 10.8. The average Bonchev–Trinajstić information content (AvgIpc) is 2.73. The lowest BCUT2D eigenvalue weighted by atomic mass is 9.95. The summed E-state index contributed by atoms with van der Waals surface area (Å²) < 4.78 is 13.0. The molecule has 1 fully saturated rings. The summed E-state index contributed by atoms with van der Waals surface area (Å²) in [5.74, 6) is 0.675. The minimum absolute atomic E-state index is 0.116. The number of halogens is 1. The summed E-state index contributed by atoms with van der Waals surface area (Å²) in [6, 6.07) is 15.5. The summed E-state index contributed by atoms with van der Waals surface area (Å²) in [7, 11) is 0. The number of nitrogens with one attached hydrogen (secondary N) is 1. The van der Waals surface area contributed by atoms with Gasteiger partial charge in [0.15, 0.2) is 0 Å². The van der Waals surface area contributed by atoms with Gasteiger partial charge in [-0.05, 0) is 73.5 Å². The number of nitrogens with zero attached hydrogens (tertiary/aromatic N) is 1. The van der Waals surface area contributed by atoms with Crippen molar-refractivity contribution in [2.45, 2.75) is 52.0 Å². The lowest BCUT2D eigenvalue weighted by Crippen LogP contribution is -2.40. The van der Waals surface area contributed by atoms with E-state index in [0.29, 0.717) is 5.92 Å². The average molecular weight is 397 g/mol. The SMILES string of the molecule is CC(C)c1ccc(CCCNC(=O)C2CCN(Cc3ccc(F)cc3)CC2)cc1. The summed E-state index contributed by atoms with van der Waals surface area (Å²) in [5, 5.41) is 3.12. The van der Waals surface area contributed by atoms with Gasteiger partial charge in [-0.3, -0.25) is 9.69 Å². The van der Waals surface area contributed by atoms with Crippen LogP contribution in [-0.2, 0) is 17.8 Å². The fraction of sp³-hybridized carbons (Fsp3) is 0.480. The van der Waals surface area contributed by atoms with Crippen molar-refractivity contribution in [3.63, 3.8) is 0 Å². The molecule has 156 valence electrons. The standard InChI is InChI=1S/C25H33FN2O/c1-19(2)22-9-5-20(6-10-22)4-3-15-27-25(29)23-13-16-28(17-14-23)18-21-7-11-24(26)12-8-21/h5-12,19,23H,3-4,13-18H2,1-2H3,(H,27,29). The van der Waals surface area contributed by atoms with E-state index in [-0.39, 0.29) is 17.6 Å². The smallest absolute Gasteiger partial charge is 0.223 e. The second-order valence-corrected chi connectivity index (χ2v) is 8.47. The Morgan fingerprint density at radius 3 is 2.28 bits per heavy atom. The Hall–Kier alpha value is -2.20. The van der Waals surface area contributed by atoms with Crippen molar-refractivity contribution in [2.75, 3.05) is 19.6 Å². The van der Waals surface area contributed by atoms with E-state index >= 15 is 0 Å². The lowest BCUT2D eigenvalue weighted by Gasteiger charge is -2.31. The van der Waals surface area contributed by atoms with Crippen molar-refractivity contribution < 1.29 is 9.18 Å². The highest BCUT2D eigenvalue weighted by atomic mass is 19.1. The highest BCUT2D eigenvalue weighted by Gasteiger charge is 2.24. The quantitative estimate of drug-likeness (QED) is 0.643. The minimum atomic E-state index is -0.197. The predicted molar refractivity (Wildman–Crippen MR) is 116 cm³/mol. The van der Waals surface area contributed by atoms with Crippen molar-refractivity contribution >= 4 is 5.91 Å². The largest absolute Gasteiger partial charge is 0.356 e. The molecule has 2 aromatic rings. The third-order valence-corrected chi connectivity index (χ3v) is 5.87. The molecule has 0 aliphatic carbocycles. The van der Waals surface area contributed by atoms with E-state index < -0.39 is 0 Å². The number of amides is 1. The maximum Gasteiger partial charge on any atom is 0.223 e. The Morgan fingerprint density at radius 2 is 1.66 bits per heavy atom. The van der Waals surface area contributed by atoms with Crippen LogP contribution in [0.5, 0.6) is 0 Å². The maximum absolute atomic E-state index is 13.0. The maximum atomic E-state index is 13.0. The van der Waals surface area contributed by atoms with E-state index in [1.54, 1.807) is 0 Å². The molecule has 1 amide bonds. The zero-order valence-electron chi connectivity index (χ0n) is 17.7. The van der Waals surface area contributed by atoms with Gasteiger partial charge in [-0.1, -0.05) is 50.2 Å². The Kier molecular flexibility index (Phi) is 7.82. The number of aryl methyl sites for hydroxylation is 1. The Bertz CT molecular complexity index is 762. The number of carbonyl (C=O) groups is 1. The summed E-state index contributed by atoms with van der Waals surface area (Å²) in [5.41, 5.74) is 3.82. The van der Waals surface area contributed by atoms with E-state index in [0.717, 1.165) is 57.4 Å². The summed E-state index contributed by atoms with van der Waals surface area (Å²) in [6.45, 7) is 7.80. The van der Waals surface area contributed by atoms with E-state index in [4.69, 9.17) is 0 Å². The molecular weight excluding hydrogens is 363 g/mol. The van der Waals surface area contributed by atoms with Gasteiger partial charge in [0.25, 0.3) is 0 Å². The van der Waals surface area contributed by atoms with E-state index in [2.05, 4.69) is 48.3 Å². The zero-order chi connectivity index (χ0) is 20.6. The number of hydrogen-bond donors (Lipinski definition) is 1. The molecule has 1 heterocycles. The van der Waals surface area contributed by atoms with Crippen LogP contribution in [0.4, 0.5) is 4.39 Å². The topological polar surface area (TPSA) is 32.3 Å². The molecule has 0 spiro atoms. The van der Waals surface area contributed by atoms with E-state index in [9.17, 15) is 9.18 Å². The Labute approximate surface area is 174 Å². The van der Waals surface area contributed by atoms with Gasteiger partial charge < -0.3 is 5.32 Å². The fourth-order valence-corrected chi connectivity index (χ4v) is 3.92. The van der Waals surface area contributed by atoms with E-state index in [1.807, 2.05) is 12.1 Å². The molecule has 1 N–H and O–H groups in total. The molecule has 3 nitrogen and oxygen atoms in total. The predicted octanol–water partition coefficient (Wildman–Crippen LogP) is 4.91. The Balaban J connectivity index is 1.32. The normalized spacial score (nSPS) is 15.6. The summed E-state index contributed by atoms with van der Waals surface area (Å²) in [6.07, 6.45) is 3.75. The van der Waals surface area contributed by atoms with Gasteiger partial charge in [0.05, 0.1) is 0 Å². The number of carbonyl (C=O) groups excluding carboxylic acids is 1. The molecule has 0 aromatic heterocycles. The van der Waals surface area contributed by atoms with Crippen LogP contribution in [0.15, 0.2) is 48.5 Å². The molecular formula is C25H33FN2O. The van der Waals surface area contributed by atoms with Gasteiger partial charge in [-0.15, -0.1) is 0 Å². The van der Waals surface area contributed by atoms with Gasteiger partial charge in [0.1, 0.15) is 5.82 Å². The first-order valence-electron chi connectivity index (χ1n) is 10.8. The third kappa shape index (κ3) is 6.67. The van der Waals surface area contributed by atoms with Crippen LogP contribution >= 0.6 is 0 Å². The molecule has 1 aliphatic heterocycles. The van der Waals surface area contributed by atoms with Crippen molar-refractivity contribution in [3.05, 3.63) is 71.0 Å². The number of benzene rings is 2. The molecule has 0 saturated carbocycles. The van der Waals surface area contributed by atoms with Crippen LogP contribution in [0.3, 0.4) is 0 Å². The second-order valence-electron chi connectivity index (χ2n) is 8.47. The fourth-order valence-electron chi connectivity index (χ4n) is 3.92. The molecule has 3 rings (SSSR count). The summed E-state index contributed by atoms with van der Waals surface area (Å²) >= 11 is 0. The monoisotopic (exact) mass is 396 g/mol. The molecule has 2 aromatic carbocycles. The molecule has 1 aliphatic rings. The molecule has 4 heteroatoms. The first kappa shape index (κ1) is 21.5. The van der Waals surface area contributed by atoms with Gasteiger partial charge >= 0.3 is 0 Å². The van der Waals surface area contributed by atoms with Crippen molar-refractivity contribution in [1.29, 1.82) is 0 Å². The zero-order valence-corrected chi connectivity index (χ0v) is 17.7. The van der Waals surface area contributed by atoms with Gasteiger partial charge in [-0.2, -0.15) is 0 Å². The molecule has 0 atom stereocenters. The van der Waals surface area contributed by atoms with Crippen LogP contribution in [-0.4, -0.2) is 30.4 Å². The third-order valence-electron chi connectivity index (χ3n) is 5.87. The van der Waals surface area contributed by atoms with Crippen LogP contribution in [0, 0.1) is 11.7 Å². The van der Waals surface area contributed by atoms with Crippen LogP contribution in [0.25, 0.3) is 0 Å². The molecule has 0 radical (unpaired) electrons. The van der Waals surface area contributed by atoms with E-state index in [1.165, 1.54) is 23.3 Å². The van der Waals surface area contributed by atoms with Crippen molar-refractivity contribution in [3.8, 4) is 0 Å². The van der Waals surface area contributed by atoms with Crippen LogP contribution < -0.4 is 5.32 Å². The number of piperidine rings is 1. The number of likely N-dealkylation sites (tertiary alicyclic amines) is 1. The van der Waals surface area contributed by atoms with Gasteiger partial charge in [-0.25, -0.2) is 4.39 Å². The summed E-state index contributed by atoms with van der Waals surface area (Å²) in [4.78, 5) is 14.8. The number of rotatable bonds is 8. The van der Waals surface area contributed by atoms with Crippen LogP contribution in [0.1, 0.15) is 55.7 Å². The van der Waals surface area contributed by atoms with Crippen LogP contribution in [0.2, 0.25) is 0 Å². The minimum Gasteiger partial charge on any atom is -0.356 e. The van der Waals surface area contributed by atoms with Crippen molar-refractivity contribution in [2.24, 2.45) is 5.92 Å². The first-order chi connectivity index (χ1) is 14.0. The molecule has 1 saturated heterocycles. The molecule has 0 bridgehead atoms. The highest BCUT2D eigenvalue weighted by Crippen LogP contribution is 2.20. The molecule has 0 unspecified atom stereocenters. The highest BCUT2D eigenvalue weighted by molar-refractivity contribution is 5.78.